The smallest absolute Gasteiger partial charge is 0.329 e. The number of amides is 1. The fourth-order valence-electron chi connectivity index (χ4n) is 2.58. The van der Waals surface area contributed by atoms with E-state index in [4.69, 9.17) is 4.74 Å². The summed E-state index contributed by atoms with van der Waals surface area (Å²) in [5.74, 6) is -1.17. The van der Waals surface area contributed by atoms with Gasteiger partial charge in [-0.2, -0.15) is 0 Å². The van der Waals surface area contributed by atoms with Crippen LogP contribution in [0, 0.1) is 0 Å². The van der Waals surface area contributed by atoms with Crippen molar-refractivity contribution in [1.29, 1.82) is 0 Å². The highest BCUT2D eigenvalue weighted by molar-refractivity contribution is 5.98. The Bertz CT molecular complexity index is 511. The SMILES string of the molecule is COCc1ccc(C(=O)N2CCCC2(C)C(=O)O)cc1. The number of ether oxygens (including phenoxy) is 1. The van der Waals surface area contributed by atoms with Crippen molar-refractivity contribution in [3.63, 3.8) is 0 Å². The molecule has 2 rings (SSSR count). The zero-order valence-electron chi connectivity index (χ0n) is 11.8. The first-order valence-corrected chi connectivity index (χ1v) is 6.62. The van der Waals surface area contributed by atoms with Gasteiger partial charge < -0.3 is 14.7 Å². The van der Waals surface area contributed by atoms with Gasteiger partial charge in [-0.15, -0.1) is 0 Å². The normalized spacial score (nSPS) is 22.0. The Labute approximate surface area is 118 Å². The lowest BCUT2D eigenvalue weighted by Crippen LogP contribution is -2.50. The first-order chi connectivity index (χ1) is 9.49. The third-order valence-electron chi connectivity index (χ3n) is 3.86. The predicted molar refractivity (Wildman–Crippen MR) is 73.5 cm³/mol. The molecule has 1 N–H and O–H groups in total. The summed E-state index contributed by atoms with van der Waals surface area (Å²) in [6.07, 6.45) is 1.21. The number of hydrogen-bond acceptors (Lipinski definition) is 3. The van der Waals surface area contributed by atoms with Gasteiger partial charge in [0, 0.05) is 19.2 Å². The third-order valence-corrected chi connectivity index (χ3v) is 3.86. The number of methoxy groups -OCH3 is 1. The molecule has 0 radical (unpaired) electrons. The Morgan fingerprint density at radius 1 is 1.35 bits per heavy atom. The van der Waals surface area contributed by atoms with E-state index in [2.05, 4.69) is 0 Å². The fraction of sp³-hybridized carbons (Fsp3) is 0.467. The predicted octanol–water partition coefficient (Wildman–Crippen LogP) is 1.91. The van der Waals surface area contributed by atoms with Crippen molar-refractivity contribution in [2.45, 2.75) is 31.9 Å². The molecule has 5 nitrogen and oxygen atoms in total. The number of carboxylic acids is 1. The van der Waals surface area contributed by atoms with Crippen LogP contribution >= 0.6 is 0 Å². The summed E-state index contributed by atoms with van der Waals surface area (Å²) in [7, 11) is 1.61. The second-order valence-corrected chi connectivity index (χ2v) is 5.27. The van der Waals surface area contributed by atoms with Crippen LogP contribution in [-0.4, -0.2) is 41.1 Å². The van der Waals surface area contributed by atoms with E-state index in [0.29, 0.717) is 25.1 Å². The van der Waals surface area contributed by atoms with Crippen molar-refractivity contribution in [1.82, 2.24) is 4.90 Å². The summed E-state index contributed by atoms with van der Waals surface area (Å²) >= 11 is 0. The van der Waals surface area contributed by atoms with Crippen LogP contribution in [0.25, 0.3) is 0 Å². The van der Waals surface area contributed by atoms with Gasteiger partial charge in [0.2, 0.25) is 0 Å². The van der Waals surface area contributed by atoms with Crippen LogP contribution in [0.1, 0.15) is 35.7 Å². The zero-order chi connectivity index (χ0) is 14.8. The van der Waals surface area contributed by atoms with Crippen LogP contribution in [0.2, 0.25) is 0 Å². The highest BCUT2D eigenvalue weighted by atomic mass is 16.5. The number of benzene rings is 1. The van der Waals surface area contributed by atoms with E-state index < -0.39 is 11.5 Å². The summed E-state index contributed by atoms with van der Waals surface area (Å²) < 4.78 is 5.02. The fourth-order valence-corrected chi connectivity index (χ4v) is 2.58. The number of nitrogens with zero attached hydrogens (tertiary/aromatic N) is 1. The van der Waals surface area contributed by atoms with E-state index in [0.717, 1.165) is 12.0 Å². The van der Waals surface area contributed by atoms with E-state index in [-0.39, 0.29) is 5.91 Å². The molecule has 1 saturated heterocycles. The average molecular weight is 277 g/mol. The molecule has 1 unspecified atom stereocenters. The van der Waals surface area contributed by atoms with Crippen LogP contribution in [0.4, 0.5) is 0 Å². The van der Waals surface area contributed by atoms with Crippen LogP contribution in [0.3, 0.4) is 0 Å². The van der Waals surface area contributed by atoms with Crippen molar-refractivity contribution in [2.75, 3.05) is 13.7 Å². The maximum Gasteiger partial charge on any atom is 0.329 e. The van der Waals surface area contributed by atoms with Crippen molar-refractivity contribution in [3.8, 4) is 0 Å². The minimum Gasteiger partial charge on any atom is -0.480 e. The van der Waals surface area contributed by atoms with Gasteiger partial charge in [-0.1, -0.05) is 12.1 Å². The molecule has 1 heterocycles. The van der Waals surface area contributed by atoms with E-state index in [1.165, 1.54) is 4.90 Å². The first-order valence-electron chi connectivity index (χ1n) is 6.62. The molecule has 20 heavy (non-hydrogen) atoms. The van der Waals surface area contributed by atoms with Gasteiger partial charge in [0.25, 0.3) is 5.91 Å². The highest BCUT2D eigenvalue weighted by Crippen LogP contribution is 2.30. The molecule has 1 atom stereocenters. The van der Waals surface area contributed by atoms with Gasteiger partial charge in [0.1, 0.15) is 5.54 Å². The Kier molecular flexibility index (Phi) is 4.09. The summed E-state index contributed by atoms with van der Waals surface area (Å²) in [5, 5.41) is 9.34. The molecule has 108 valence electrons. The molecule has 0 bridgehead atoms. The average Bonchev–Trinajstić information content (AvgIpc) is 2.83. The Morgan fingerprint density at radius 2 is 2.00 bits per heavy atom. The monoisotopic (exact) mass is 277 g/mol. The van der Waals surface area contributed by atoms with Crippen molar-refractivity contribution < 1.29 is 19.4 Å². The number of carbonyl (C=O) groups excluding carboxylic acids is 1. The quantitative estimate of drug-likeness (QED) is 0.913. The molecule has 1 aromatic carbocycles. The number of likely N-dealkylation sites (tertiary alicyclic amines) is 1. The first kappa shape index (κ1) is 14.5. The third kappa shape index (κ3) is 2.54. The van der Waals surface area contributed by atoms with Crippen molar-refractivity contribution >= 4 is 11.9 Å². The number of hydrogen-bond donors (Lipinski definition) is 1. The number of rotatable bonds is 4. The zero-order valence-corrected chi connectivity index (χ0v) is 11.8. The number of carboxylic acid groups (broad SMARTS) is 1. The Morgan fingerprint density at radius 3 is 2.55 bits per heavy atom. The molecule has 1 amide bonds. The minimum atomic E-state index is -1.09. The van der Waals surface area contributed by atoms with Gasteiger partial charge in [-0.05, 0) is 37.5 Å². The molecule has 1 aromatic rings. The second kappa shape index (κ2) is 5.63. The second-order valence-electron chi connectivity index (χ2n) is 5.27. The van der Waals surface area contributed by atoms with Gasteiger partial charge in [-0.25, -0.2) is 4.79 Å². The molecule has 1 aliphatic rings. The molecule has 0 aromatic heterocycles. The van der Waals surface area contributed by atoms with Crippen LogP contribution in [0.5, 0.6) is 0 Å². The van der Waals surface area contributed by atoms with Crippen LogP contribution in [-0.2, 0) is 16.1 Å². The van der Waals surface area contributed by atoms with E-state index in [1.807, 2.05) is 12.1 Å². The van der Waals surface area contributed by atoms with Crippen LogP contribution in [0.15, 0.2) is 24.3 Å². The lowest BCUT2D eigenvalue weighted by molar-refractivity contribution is -0.147. The molecule has 1 aliphatic heterocycles. The molecular formula is C15H19NO4. The lowest BCUT2D eigenvalue weighted by Gasteiger charge is -2.31. The summed E-state index contributed by atoms with van der Waals surface area (Å²) in [4.78, 5) is 25.3. The van der Waals surface area contributed by atoms with Crippen molar-refractivity contribution in [2.24, 2.45) is 0 Å². The topological polar surface area (TPSA) is 66.8 Å². The number of carbonyl (C=O) groups is 2. The van der Waals surface area contributed by atoms with Gasteiger partial charge in [-0.3, -0.25) is 4.79 Å². The van der Waals surface area contributed by atoms with E-state index >= 15 is 0 Å². The maximum absolute atomic E-state index is 12.5. The molecule has 0 saturated carbocycles. The number of aliphatic carboxylic acids is 1. The van der Waals surface area contributed by atoms with E-state index in [9.17, 15) is 14.7 Å². The van der Waals surface area contributed by atoms with Gasteiger partial charge in [0.05, 0.1) is 6.61 Å². The molecule has 0 aliphatic carbocycles. The van der Waals surface area contributed by atoms with Gasteiger partial charge >= 0.3 is 5.97 Å². The largest absolute Gasteiger partial charge is 0.480 e. The summed E-state index contributed by atoms with van der Waals surface area (Å²) in [6.45, 7) is 2.59. The lowest BCUT2D eigenvalue weighted by atomic mass is 9.98. The van der Waals surface area contributed by atoms with Crippen molar-refractivity contribution in [3.05, 3.63) is 35.4 Å². The van der Waals surface area contributed by atoms with Crippen LogP contribution < -0.4 is 0 Å². The molecule has 0 spiro atoms. The Balaban J connectivity index is 2.20. The van der Waals surface area contributed by atoms with Gasteiger partial charge in [0.15, 0.2) is 0 Å². The molecule has 5 heteroatoms. The molecule has 1 fully saturated rings. The summed E-state index contributed by atoms with van der Waals surface area (Å²) in [6, 6.07) is 7.09. The highest BCUT2D eigenvalue weighted by Gasteiger charge is 2.46. The van der Waals surface area contributed by atoms with E-state index in [1.54, 1.807) is 26.2 Å². The minimum absolute atomic E-state index is 0.226. The standard InChI is InChI=1S/C15H19NO4/c1-15(14(18)19)8-3-9-16(15)13(17)12-6-4-11(5-7-12)10-20-2/h4-7H,3,8-10H2,1-2H3,(H,18,19). The molecular weight excluding hydrogens is 258 g/mol. The Hall–Kier alpha value is -1.88. The summed E-state index contributed by atoms with van der Waals surface area (Å²) in [5.41, 5.74) is 0.396. The maximum atomic E-state index is 12.5.